The van der Waals surface area contributed by atoms with Gasteiger partial charge in [0.25, 0.3) is 0 Å². The molecular formula is C15H25NO3. The Labute approximate surface area is 115 Å². The van der Waals surface area contributed by atoms with Crippen molar-refractivity contribution in [3.63, 3.8) is 0 Å². The van der Waals surface area contributed by atoms with E-state index in [2.05, 4.69) is 0 Å². The highest BCUT2D eigenvalue weighted by molar-refractivity contribution is 5.84. The number of ether oxygens (including phenoxy) is 1. The third kappa shape index (κ3) is 3.56. The van der Waals surface area contributed by atoms with Gasteiger partial charge in [0.2, 0.25) is 5.91 Å². The SMILES string of the molecule is CC(C)OCC(=O)N1CCCC1C1CCCCC1=O. The molecule has 1 heterocycles. The zero-order valence-corrected chi connectivity index (χ0v) is 12.1. The highest BCUT2D eigenvalue weighted by Gasteiger charge is 2.38. The zero-order chi connectivity index (χ0) is 13.8. The molecular weight excluding hydrogens is 242 g/mol. The molecule has 1 aliphatic carbocycles. The van der Waals surface area contributed by atoms with Gasteiger partial charge < -0.3 is 9.64 Å². The molecule has 0 radical (unpaired) electrons. The highest BCUT2D eigenvalue weighted by atomic mass is 16.5. The second-order valence-corrected chi connectivity index (χ2v) is 5.98. The van der Waals surface area contributed by atoms with Crippen molar-refractivity contribution < 1.29 is 14.3 Å². The first-order valence-corrected chi connectivity index (χ1v) is 7.53. The van der Waals surface area contributed by atoms with Crippen LogP contribution in [-0.2, 0) is 14.3 Å². The van der Waals surface area contributed by atoms with Crippen molar-refractivity contribution in [1.29, 1.82) is 0 Å². The summed E-state index contributed by atoms with van der Waals surface area (Å²) in [4.78, 5) is 26.1. The second-order valence-electron chi connectivity index (χ2n) is 5.98. The summed E-state index contributed by atoms with van der Waals surface area (Å²) in [6.45, 7) is 4.79. The number of amides is 1. The number of hydrogen-bond donors (Lipinski definition) is 0. The Hall–Kier alpha value is -0.900. The van der Waals surface area contributed by atoms with E-state index in [9.17, 15) is 9.59 Å². The predicted molar refractivity (Wildman–Crippen MR) is 72.8 cm³/mol. The molecule has 2 fully saturated rings. The van der Waals surface area contributed by atoms with E-state index in [1.165, 1.54) is 0 Å². The number of rotatable bonds is 4. The maximum atomic E-state index is 12.2. The fourth-order valence-electron chi connectivity index (χ4n) is 3.26. The summed E-state index contributed by atoms with van der Waals surface area (Å²) >= 11 is 0. The van der Waals surface area contributed by atoms with Gasteiger partial charge in [-0.3, -0.25) is 9.59 Å². The Morgan fingerprint density at radius 2 is 2.11 bits per heavy atom. The first-order chi connectivity index (χ1) is 9.09. The average Bonchev–Trinajstić information content (AvgIpc) is 2.85. The Balaban J connectivity index is 1.95. The van der Waals surface area contributed by atoms with Gasteiger partial charge in [-0.15, -0.1) is 0 Å². The molecule has 1 aliphatic heterocycles. The van der Waals surface area contributed by atoms with Crippen LogP contribution >= 0.6 is 0 Å². The number of hydrogen-bond acceptors (Lipinski definition) is 3. The van der Waals surface area contributed by atoms with E-state index >= 15 is 0 Å². The molecule has 108 valence electrons. The quantitative estimate of drug-likeness (QED) is 0.784. The molecule has 0 aromatic heterocycles. The number of Topliss-reactive ketones (excluding diaryl/α,β-unsaturated/α-hetero) is 1. The van der Waals surface area contributed by atoms with Gasteiger partial charge in [0.15, 0.2) is 0 Å². The molecule has 0 aromatic rings. The molecule has 19 heavy (non-hydrogen) atoms. The maximum Gasteiger partial charge on any atom is 0.248 e. The summed E-state index contributed by atoms with van der Waals surface area (Å²) in [6, 6.07) is 0.135. The number of carbonyl (C=O) groups excluding carboxylic acids is 2. The van der Waals surface area contributed by atoms with Gasteiger partial charge >= 0.3 is 0 Å². The van der Waals surface area contributed by atoms with Gasteiger partial charge in [-0.05, 0) is 39.5 Å². The number of carbonyl (C=O) groups is 2. The van der Waals surface area contributed by atoms with Crippen LogP contribution in [0.15, 0.2) is 0 Å². The van der Waals surface area contributed by atoms with Crippen LogP contribution < -0.4 is 0 Å². The molecule has 1 saturated heterocycles. The Bertz CT molecular complexity index is 340. The van der Waals surface area contributed by atoms with Crippen LogP contribution in [0.25, 0.3) is 0 Å². The first-order valence-electron chi connectivity index (χ1n) is 7.53. The Morgan fingerprint density at radius 3 is 2.79 bits per heavy atom. The molecule has 4 nitrogen and oxygen atoms in total. The second kappa shape index (κ2) is 6.51. The molecule has 0 N–H and O–H groups in total. The molecule has 0 aromatic carbocycles. The molecule has 2 rings (SSSR count). The normalized spacial score (nSPS) is 28.2. The van der Waals surface area contributed by atoms with Gasteiger partial charge in [0, 0.05) is 24.9 Å². The summed E-state index contributed by atoms with van der Waals surface area (Å²) in [6.07, 6.45) is 5.86. The van der Waals surface area contributed by atoms with Crippen molar-refractivity contribution in [3.8, 4) is 0 Å². The van der Waals surface area contributed by atoms with E-state index in [1.807, 2.05) is 18.7 Å². The lowest BCUT2D eigenvalue weighted by Crippen LogP contribution is -2.45. The highest BCUT2D eigenvalue weighted by Crippen LogP contribution is 2.32. The maximum absolute atomic E-state index is 12.2. The summed E-state index contributed by atoms with van der Waals surface area (Å²) in [5.74, 6) is 0.495. The van der Waals surface area contributed by atoms with Crippen molar-refractivity contribution in [2.75, 3.05) is 13.2 Å². The first kappa shape index (κ1) is 14.5. The third-order valence-electron chi connectivity index (χ3n) is 4.23. The van der Waals surface area contributed by atoms with Crippen LogP contribution in [0, 0.1) is 5.92 Å². The smallest absolute Gasteiger partial charge is 0.248 e. The lowest BCUT2D eigenvalue weighted by atomic mass is 9.82. The van der Waals surface area contributed by atoms with Gasteiger partial charge in [0.05, 0.1) is 6.10 Å². The van der Waals surface area contributed by atoms with Crippen molar-refractivity contribution in [2.24, 2.45) is 5.92 Å². The molecule has 0 bridgehead atoms. The average molecular weight is 267 g/mol. The van der Waals surface area contributed by atoms with E-state index in [1.54, 1.807) is 0 Å². The van der Waals surface area contributed by atoms with Gasteiger partial charge in [-0.1, -0.05) is 6.42 Å². The summed E-state index contributed by atoms with van der Waals surface area (Å²) in [7, 11) is 0. The minimum Gasteiger partial charge on any atom is -0.369 e. The van der Waals surface area contributed by atoms with Crippen molar-refractivity contribution >= 4 is 11.7 Å². The minimum atomic E-state index is 0.0505. The molecule has 1 amide bonds. The van der Waals surface area contributed by atoms with Crippen LogP contribution in [-0.4, -0.2) is 41.9 Å². The summed E-state index contributed by atoms with van der Waals surface area (Å²) in [5, 5.41) is 0. The molecule has 1 saturated carbocycles. The number of ketones is 1. The lowest BCUT2D eigenvalue weighted by molar-refractivity contribution is -0.141. The van der Waals surface area contributed by atoms with E-state index in [0.717, 1.165) is 38.6 Å². The Morgan fingerprint density at radius 1 is 1.32 bits per heavy atom. The minimum absolute atomic E-state index is 0.0505. The predicted octanol–water partition coefficient (Wildman–Crippen LogP) is 2.16. The van der Waals surface area contributed by atoms with Crippen LogP contribution in [0.1, 0.15) is 52.4 Å². The molecule has 0 spiro atoms. The number of nitrogens with zero attached hydrogens (tertiary/aromatic N) is 1. The number of likely N-dealkylation sites (tertiary alicyclic amines) is 1. The van der Waals surface area contributed by atoms with E-state index in [-0.39, 0.29) is 30.6 Å². The summed E-state index contributed by atoms with van der Waals surface area (Å²) in [5.41, 5.74) is 0. The van der Waals surface area contributed by atoms with Crippen molar-refractivity contribution in [3.05, 3.63) is 0 Å². The van der Waals surface area contributed by atoms with Crippen LogP contribution in [0.3, 0.4) is 0 Å². The lowest BCUT2D eigenvalue weighted by Gasteiger charge is -2.33. The fraction of sp³-hybridized carbons (Fsp3) is 0.867. The standard InChI is InChI=1S/C15H25NO3/c1-11(2)19-10-15(18)16-9-5-7-13(16)12-6-3-4-8-14(12)17/h11-13H,3-10H2,1-2H3. The Kier molecular flexibility index (Phi) is 4.97. The van der Waals surface area contributed by atoms with Crippen LogP contribution in [0.5, 0.6) is 0 Å². The summed E-state index contributed by atoms with van der Waals surface area (Å²) < 4.78 is 5.40. The molecule has 2 atom stereocenters. The van der Waals surface area contributed by atoms with E-state index in [0.29, 0.717) is 12.2 Å². The third-order valence-corrected chi connectivity index (χ3v) is 4.23. The van der Waals surface area contributed by atoms with Gasteiger partial charge in [-0.25, -0.2) is 0 Å². The van der Waals surface area contributed by atoms with Gasteiger partial charge in [-0.2, -0.15) is 0 Å². The zero-order valence-electron chi connectivity index (χ0n) is 12.1. The topological polar surface area (TPSA) is 46.6 Å². The fourth-order valence-corrected chi connectivity index (χ4v) is 3.26. The largest absolute Gasteiger partial charge is 0.369 e. The monoisotopic (exact) mass is 267 g/mol. The van der Waals surface area contributed by atoms with Crippen LogP contribution in [0.4, 0.5) is 0 Å². The van der Waals surface area contributed by atoms with Crippen molar-refractivity contribution in [2.45, 2.75) is 64.5 Å². The molecule has 2 unspecified atom stereocenters. The molecule has 2 aliphatic rings. The van der Waals surface area contributed by atoms with E-state index < -0.39 is 0 Å². The van der Waals surface area contributed by atoms with Crippen molar-refractivity contribution in [1.82, 2.24) is 4.90 Å². The van der Waals surface area contributed by atoms with Gasteiger partial charge in [0.1, 0.15) is 12.4 Å². The van der Waals surface area contributed by atoms with Crippen LogP contribution in [0.2, 0.25) is 0 Å². The molecule has 4 heteroatoms. The van der Waals surface area contributed by atoms with E-state index in [4.69, 9.17) is 4.74 Å².